The van der Waals surface area contributed by atoms with Crippen LogP contribution in [0.1, 0.15) is 25.3 Å². The molecule has 0 N–H and O–H groups in total. The van der Waals surface area contributed by atoms with Gasteiger partial charge in [0, 0.05) is 58.6 Å². The molecule has 0 unspecified atom stereocenters. The standard InChI is InChI=1S/C22H29N3O4/c1-15(26)23-10-8-17(9-11-23)21(27)24-13-18-19(14-24)25(22(28)20(18)29-2)12-16-6-4-3-5-7-16/h3-7,17-20H,8-14H2,1-2H3/t18-,19+,20-/m0/s1. The molecule has 29 heavy (non-hydrogen) atoms. The lowest BCUT2D eigenvalue weighted by Gasteiger charge is -2.33. The molecule has 3 atom stereocenters. The van der Waals surface area contributed by atoms with Gasteiger partial charge in [0.1, 0.15) is 6.10 Å². The second-order valence-electron chi connectivity index (χ2n) is 8.36. The molecule has 7 heteroatoms. The molecule has 156 valence electrons. The molecule has 3 aliphatic heterocycles. The molecule has 3 amide bonds. The van der Waals surface area contributed by atoms with Gasteiger partial charge in [0.25, 0.3) is 5.91 Å². The van der Waals surface area contributed by atoms with Gasteiger partial charge in [-0.3, -0.25) is 14.4 Å². The fraction of sp³-hybridized carbons (Fsp3) is 0.591. The van der Waals surface area contributed by atoms with Gasteiger partial charge >= 0.3 is 0 Å². The Morgan fingerprint density at radius 1 is 1.07 bits per heavy atom. The molecule has 4 rings (SSSR count). The van der Waals surface area contributed by atoms with Crippen LogP contribution in [-0.4, -0.2) is 77.9 Å². The Bertz CT molecular complexity index is 776. The molecule has 7 nitrogen and oxygen atoms in total. The van der Waals surface area contributed by atoms with E-state index in [9.17, 15) is 14.4 Å². The number of carbonyl (C=O) groups is 3. The quantitative estimate of drug-likeness (QED) is 0.761. The van der Waals surface area contributed by atoms with Crippen LogP contribution in [0.25, 0.3) is 0 Å². The normalized spacial score (nSPS) is 27.4. The van der Waals surface area contributed by atoms with E-state index in [1.54, 1.807) is 14.0 Å². The van der Waals surface area contributed by atoms with E-state index in [-0.39, 0.29) is 35.6 Å². The maximum absolute atomic E-state index is 13.1. The molecular weight excluding hydrogens is 370 g/mol. The van der Waals surface area contributed by atoms with Crippen LogP contribution in [0.2, 0.25) is 0 Å². The summed E-state index contributed by atoms with van der Waals surface area (Å²) >= 11 is 0. The predicted octanol–water partition coefficient (Wildman–Crippen LogP) is 1.13. The van der Waals surface area contributed by atoms with Gasteiger partial charge in [-0.15, -0.1) is 0 Å². The van der Waals surface area contributed by atoms with Crippen LogP contribution in [0, 0.1) is 11.8 Å². The van der Waals surface area contributed by atoms with E-state index in [0.717, 1.165) is 5.56 Å². The Morgan fingerprint density at radius 2 is 1.76 bits per heavy atom. The Labute approximate surface area is 171 Å². The van der Waals surface area contributed by atoms with Crippen molar-refractivity contribution in [2.24, 2.45) is 11.8 Å². The summed E-state index contributed by atoms with van der Waals surface area (Å²) in [6.45, 7) is 4.53. The number of ether oxygens (including phenoxy) is 1. The molecule has 3 saturated heterocycles. The van der Waals surface area contributed by atoms with E-state index in [1.165, 1.54) is 0 Å². The second kappa shape index (κ2) is 8.14. The maximum Gasteiger partial charge on any atom is 0.252 e. The highest BCUT2D eigenvalue weighted by molar-refractivity contribution is 5.86. The fourth-order valence-corrected chi connectivity index (χ4v) is 5.08. The minimum atomic E-state index is -0.485. The van der Waals surface area contributed by atoms with Gasteiger partial charge in [-0.2, -0.15) is 0 Å². The number of nitrogens with zero attached hydrogens (tertiary/aromatic N) is 3. The largest absolute Gasteiger partial charge is 0.371 e. The first-order valence-corrected chi connectivity index (χ1v) is 10.4. The minimum Gasteiger partial charge on any atom is -0.371 e. The Balaban J connectivity index is 1.44. The van der Waals surface area contributed by atoms with E-state index >= 15 is 0 Å². The zero-order valence-electron chi connectivity index (χ0n) is 17.1. The number of amides is 3. The predicted molar refractivity (Wildman–Crippen MR) is 107 cm³/mol. The van der Waals surface area contributed by atoms with Gasteiger partial charge in [-0.25, -0.2) is 0 Å². The number of methoxy groups -OCH3 is 1. The highest BCUT2D eigenvalue weighted by Crippen LogP contribution is 2.36. The summed E-state index contributed by atoms with van der Waals surface area (Å²) < 4.78 is 5.55. The van der Waals surface area contributed by atoms with Crippen molar-refractivity contribution in [2.45, 2.75) is 38.5 Å². The SMILES string of the molecule is CO[C@@H]1C(=O)N(Cc2ccccc2)[C@@H]2CN(C(=O)C3CCN(C(C)=O)CC3)C[C@H]12. The number of likely N-dealkylation sites (tertiary alicyclic amines) is 3. The number of rotatable bonds is 4. The molecule has 0 aromatic heterocycles. The zero-order chi connectivity index (χ0) is 20.5. The number of hydrogen-bond donors (Lipinski definition) is 0. The highest BCUT2D eigenvalue weighted by Gasteiger charge is 2.54. The Hall–Kier alpha value is -2.41. The number of fused-ring (bicyclic) bond motifs is 1. The third kappa shape index (κ3) is 3.75. The lowest BCUT2D eigenvalue weighted by atomic mass is 9.95. The molecule has 0 radical (unpaired) electrons. The van der Waals surface area contributed by atoms with E-state index in [2.05, 4.69) is 0 Å². The summed E-state index contributed by atoms with van der Waals surface area (Å²) in [5, 5.41) is 0. The third-order valence-electron chi connectivity index (χ3n) is 6.70. The van der Waals surface area contributed by atoms with Crippen molar-refractivity contribution in [1.29, 1.82) is 0 Å². The van der Waals surface area contributed by atoms with Crippen molar-refractivity contribution >= 4 is 17.7 Å². The van der Waals surface area contributed by atoms with Gasteiger partial charge in [-0.05, 0) is 18.4 Å². The lowest BCUT2D eigenvalue weighted by Crippen LogP contribution is -2.45. The summed E-state index contributed by atoms with van der Waals surface area (Å²) in [5.41, 5.74) is 1.08. The van der Waals surface area contributed by atoms with E-state index in [1.807, 2.05) is 45.0 Å². The number of benzene rings is 1. The maximum atomic E-state index is 13.1. The van der Waals surface area contributed by atoms with Crippen molar-refractivity contribution in [3.8, 4) is 0 Å². The van der Waals surface area contributed by atoms with Gasteiger partial charge < -0.3 is 19.4 Å². The van der Waals surface area contributed by atoms with Crippen LogP contribution < -0.4 is 0 Å². The minimum absolute atomic E-state index is 0.00563. The van der Waals surface area contributed by atoms with Gasteiger partial charge in [0.05, 0.1) is 6.04 Å². The van der Waals surface area contributed by atoms with Crippen LogP contribution in [0.3, 0.4) is 0 Å². The summed E-state index contributed by atoms with van der Waals surface area (Å²) in [6, 6.07) is 9.93. The molecule has 0 bridgehead atoms. The van der Waals surface area contributed by atoms with Crippen LogP contribution in [0.5, 0.6) is 0 Å². The van der Waals surface area contributed by atoms with E-state index < -0.39 is 6.10 Å². The van der Waals surface area contributed by atoms with Crippen LogP contribution in [-0.2, 0) is 25.7 Å². The van der Waals surface area contributed by atoms with Crippen molar-refractivity contribution < 1.29 is 19.1 Å². The Kier molecular flexibility index (Phi) is 5.58. The summed E-state index contributed by atoms with van der Waals surface area (Å²) in [7, 11) is 1.58. The molecule has 3 fully saturated rings. The van der Waals surface area contributed by atoms with Crippen molar-refractivity contribution in [1.82, 2.24) is 14.7 Å². The van der Waals surface area contributed by atoms with Crippen molar-refractivity contribution in [3.63, 3.8) is 0 Å². The molecule has 0 aliphatic carbocycles. The van der Waals surface area contributed by atoms with Gasteiger partial charge in [0.15, 0.2) is 0 Å². The van der Waals surface area contributed by atoms with E-state index in [4.69, 9.17) is 4.74 Å². The lowest BCUT2D eigenvalue weighted by molar-refractivity contribution is -0.143. The molecule has 1 aromatic rings. The first-order chi connectivity index (χ1) is 14.0. The number of piperidine rings is 1. The first-order valence-electron chi connectivity index (χ1n) is 10.4. The topological polar surface area (TPSA) is 70.2 Å². The zero-order valence-corrected chi connectivity index (χ0v) is 17.1. The molecule has 0 saturated carbocycles. The first kappa shape index (κ1) is 19.9. The molecule has 0 spiro atoms. The molecule has 1 aromatic carbocycles. The van der Waals surface area contributed by atoms with Gasteiger partial charge in [0.2, 0.25) is 11.8 Å². The van der Waals surface area contributed by atoms with Crippen LogP contribution in [0.15, 0.2) is 30.3 Å². The monoisotopic (exact) mass is 399 g/mol. The second-order valence-corrected chi connectivity index (χ2v) is 8.36. The van der Waals surface area contributed by atoms with Crippen molar-refractivity contribution in [2.75, 3.05) is 33.3 Å². The number of carbonyl (C=O) groups excluding carboxylic acids is 3. The van der Waals surface area contributed by atoms with Crippen LogP contribution >= 0.6 is 0 Å². The highest BCUT2D eigenvalue weighted by atomic mass is 16.5. The van der Waals surface area contributed by atoms with Crippen molar-refractivity contribution in [3.05, 3.63) is 35.9 Å². The third-order valence-corrected chi connectivity index (χ3v) is 6.70. The number of hydrogen-bond acceptors (Lipinski definition) is 4. The fourth-order valence-electron chi connectivity index (χ4n) is 5.08. The smallest absolute Gasteiger partial charge is 0.252 e. The Morgan fingerprint density at radius 3 is 2.38 bits per heavy atom. The average molecular weight is 399 g/mol. The molecule has 3 aliphatic rings. The van der Waals surface area contributed by atoms with E-state index in [0.29, 0.717) is 45.6 Å². The molecular formula is C22H29N3O4. The summed E-state index contributed by atoms with van der Waals surface area (Å²) in [6.07, 6.45) is 0.941. The van der Waals surface area contributed by atoms with Gasteiger partial charge in [-0.1, -0.05) is 30.3 Å². The molecule has 3 heterocycles. The summed E-state index contributed by atoms with van der Waals surface area (Å²) in [5.74, 6) is 0.226. The summed E-state index contributed by atoms with van der Waals surface area (Å²) in [4.78, 5) is 43.2. The van der Waals surface area contributed by atoms with Crippen LogP contribution in [0.4, 0.5) is 0 Å². The average Bonchev–Trinajstić information content (AvgIpc) is 3.26.